The minimum Gasteiger partial charge on any atom is -0.493 e. The normalized spacial score (nSPS) is 19.3. The van der Waals surface area contributed by atoms with E-state index in [0.29, 0.717) is 18.8 Å². The zero-order valence-corrected chi connectivity index (χ0v) is 11.4. The fourth-order valence-corrected chi connectivity index (χ4v) is 2.08. The number of benzene rings is 1. The number of ether oxygens (including phenoxy) is 2. The van der Waals surface area contributed by atoms with E-state index >= 15 is 0 Å². The van der Waals surface area contributed by atoms with Crippen molar-refractivity contribution in [1.29, 1.82) is 0 Å². The number of hydrogen-bond acceptors (Lipinski definition) is 3. The number of fused-ring (bicyclic) bond motifs is 1. The van der Waals surface area contributed by atoms with Crippen LogP contribution in [0.25, 0.3) is 0 Å². The molecule has 0 saturated heterocycles. The number of carbonyl (C=O) groups is 1. The van der Waals surface area contributed by atoms with Crippen LogP contribution in [0.15, 0.2) is 24.3 Å². The minimum absolute atomic E-state index is 0.278. The third kappa shape index (κ3) is 4.35. The highest BCUT2D eigenvalue weighted by atomic mass is 19.4. The maximum absolute atomic E-state index is 12.1. The van der Waals surface area contributed by atoms with Crippen molar-refractivity contribution in [3.63, 3.8) is 0 Å². The summed E-state index contributed by atoms with van der Waals surface area (Å²) in [5.41, 5.74) is 0.820. The molecule has 1 amide bonds. The molecule has 0 bridgehead atoms. The first-order chi connectivity index (χ1) is 9.87. The van der Waals surface area contributed by atoms with Crippen molar-refractivity contribution in [2.75, 3.05) is 13.2 Å². The Kier molecular flexibility index (Phi) is 4.72. The van der Waals surface area contributed by atoms with Crippen molar-refractivity contribution in [1.82, 2.24) is 5.32 Å². The first kappa shape index (κ1) is 15.6. The molecule has 7 heteroatoms. The summed E-state index contributed by atoms with van der Waals surface area (Å²) in [6, 6.07) is 6.96. The molecule has 0 aromatic heterocycles. The van der Waals surface area contributed by atoms with Gasteiger partial charge in [-0.25, -0.2) is 0 Å². The van der Waals surface area contributed by atoms with Gasteiger partial charge < -0.3 is 14.8 Å². The molecular weight excluding hydrogens is 287 g/mol. The number of hydrogen-bond donors (Lipinski definition) is 1. The summed E-state index contributed by atoms with van der Waals surface area (Å²) < 4.78 is 46.2. The van der Waals surface area contributed by atoms with Crippen LogP contribution in [0.3, 0.4) is 0 Å². The van der Waals surface area contributed by atoms with Crippen LogP contribution in [-0.4, -0.2) is 31.4 Å². The number of alkyl halides is 3. The number of carbonyl (C=O) groups excluding carboxylic acids is 1. The highest BCUT2D eigenvalue weighted by molar-refractivity contribution is 5.81. The van der Waals surface area contributed by atoms with Gasteiger partial charge in [-0.15, -0.1) is 0 Å². The van der Waals surface area contributed by atoms with Gasteiger partial charge in [-0.3, -0.25) is 4.79 Å². The molecular formula is C14H16F3NO3. The van der Waals surface area contributed by atoms with Crippen molar-refractivity contribution in [3.8, 4) is 5.75 Å². The Labute approximate surface area is 120 Å². The van der Waals surface area contributed by atoms with Crippen LogP contribution in [-0.2, 0) is 9.53 Å². The van der Waals surface area contributed by atoms with Crippen molar-refractivity contribution in [3.05, 3.63) is 29.8 Å². The molecule has 2 rings (SSSR count). The molecule has 4 nitrogen and oxygen atoms in total. The van der Waals surface area contributed by atoms with E-state index in [2.05, 4.69) is 10.1 Å². The van der Waals surface area contributed by atoms with E-state index < -0.39 is 24.8 Å². The number of para-hydroxylation sites is 1. The highest BCUT2D eigenvalue weighted by Crippen LogP contribution is 2.31. The van der Waals surface area contributed by atoms with Gasteiger partial charge in [0.25, 0.3) is 0 Å². The summed E-state index contributed by atoms with van der Waals surface area (Å²) in [6.45, 7) is 0.304. The van der Waals surface area contributed by atoms with Crippen LogP contribution in [0.4, 0.5) is 13.2 Å². The lowest BCUT2D eigenvalue weighted by molar-refractivity contribution is -0.185. The van der Waals surface area contributed by atoms with Gasteiger partial charge in [0, 0.05) is 12.0 Å². The number of halogens is 3. The third-order valence-electron chi connectivity index (χ3n) is 3.14. The van der Waals surface area contributed by atoms with Crippen LogP contribution in [0.1, 0.15) is 24.9 Å². The van der Waals surface area contributed by atoms with Crippen LogP contribution >= 0.6 is 0 Å². The molecule has 0 aliphatic carbocycles. The molecule has 0 fully saturated rings. The second-order valence-corrected chi connectivity index (χ2v) is 4.80. The monoisotopic (exact) mass is 303 g/mol. The molecule has 0 radical (unpaired) electrons. The van der Waals surface area contributed by atoms with E-state index in [0.717, 1.165) is 5.56 Å². The van der Waals surface area contributed by atoms with Gasteiger partial charge in [0.05, 0.1) is 12.6 Å². The van der Waals surface area contributed by atoms with E-state index in [-0.39, 0.29) is 6.04 Å². The second-order valence-electron chi connectivity index (χ2n) is 4.80. The lowest BCUT2D eigenvalue weighted by atomic mass is 10.0. The summed E-state index contributed by atoms with van der Waals surface area (Å²) in [5, 5.41) is 2.70. The predicted molar refractivity (Wildman–Crippen MR) is 68.9 cm³/mol. The fraction of sp³-hybridized carbons (Fsp3) is 0.500. The van der Waals surface area contributed by atoms with Gasteiger partial charge >= 0.3 is 6.18 Å². The molecule has 21 heavy (non-hydrogen) atoms. The molecule has 1 heterocycles. The van der Waals surface area contributed by atoms with Crippen LogP contribution in [0.5, 0.6) is 5.75 Å². The Morgan fingerprint density at radius 1 is 1.48 bits per heavy atom. The first-order valence-corrected chi connectivity index (χ1v) is 6.57. The second kappa shape index (κ2) is 6.34. The molecule has 1 N–H and O–H groups in total. The van der Waals surface area contributed by atoms with Gasteiger partial charge in [0.1, 0.15) is 18.5 Å². The maximum atomic E-state index is 12.1. The van der Waals surface area contributed by atoms with Crippen LogP contribution in [0.2, 0.25) is 0 Å². The Bertz CT molecular complexity index is 504. The van der Waals surface area contributed by atoms with Gasteiger partial charge in [-0.2, -0.15) is 13.2 Å². The Morgan fingerprint density at radius 2 is 2.19 bits per heavy atom. The van der Waals surface area contributed by atoms with E-state index in [4.69, 9.17) is 4.74 Å². The smallest absolute Gasteiger partial charge is 0.411 e. The lowest BCUT2D eigenvalue weighted by Gasteiger charge is -2.27. The van der Waals surface area contributed by atoms with E-state index in [1.54, 1.807) is 6.07 Å². The molecule has 2 atom stereocenters. The van der Waals surface area contributed by atoms with Gasteiger partial charge in [-0.05, 0) is 13.0 Å². The van der Waals surface area contributed by atoms with E-state index in [1.807, 2.05) is 18.2 Å². The van der Waals surface area contributed by atoms with E-state index in [1.165, 1.54) is 6.92 Å². The Balaban J connectivity index is 1.94. The van der Waals surface area contributed by atoms with Gasteiger partial charge in [-0.1, -0.05) is 18.2 Å². The maximum Gasteiger partial charge on any atom is 0.411 e. The third-order valence-corrected chi connectivity index (χ3v) is 3.14. The largest absolute Gasteiger partial charge is 0.493 e. The Hall–Kier alpha value is -1.76. The molecule has 0 unspecified atom stereocenters. The molecule has 0 spiro atoms. The molecule has 0 saturated carbocycles. The lowest BCUT2D eigenvalue weighted by Crippen LogP contribution is -2.40. The molecule has 1 aliphatic heterocycles. The SMILES string of the molecule is C[C@@H](OCC(F)(F)F)C(=O)N[C@H]1CCOc2ccccc21. The molecule has 1 aromatic rings. The summed E-state index contributed by atoms with van der Waals surface area (Å²) in [6.07, 6.45) is -5.05. The quantitative estimate of drug-likeness (QED) is 0.930. The van der Waals surface area contributed by atoms with Crippen molar-refractivity contribution in [2.45, 2.75) is 31.7 Å². The summed E-state index contributed by atoms with van der Waals surface area (Å²) >= 11 is 0. The van der Waals surface area contributed by atoms with Gasteiger partial charge in [0.2, 0.25) is 5.91 Å². The minimum atomic E-state index is -4.44. The molecule has 116 valence electrons. The summed E-state index contributed by atoms with van der Waals surface area (Å²) in [7, 11) is 0. The topological polar surface area (TPSA) is 47.6 Å². The van der Waals surface area contributed by atoms with Crippen LogP contribution in [0, 0.1) is 0 Å². The summed E-state index contributed by atoms with van der Waals surface area (Å²) in [4.78, 5) is 11.9. The van der Waals surface area contributed by atoms with E-state index in [9.17, 15) is 18.0 Å². The number of nitrogens with one attached hydrogen (secondary N) is 1. The van der Waals surface area contributed by atoms with Gasteiger partial charge in [0.15, 0.2) is 0 Å². The molecule has 1 aliphatic rings. The predicted octanol–water partition coefficient (Wildman–Crippen LogP) is 2.59. The fourth-order valence-electron chi connectivity index (χ4n) is 2.08. The summed E-state index contributed by atoms with van der Waals surface area (Å²) in [5.74, 6) is 0.110. The first-order valence-electron chi connectivity index (χ1n) is 6.57. The average molecular weight is 303 g/mol. The highest BCUT2D eigenvalue weighted by Gasteiger charge is 2.31. The molecule has 1 aromatic carbocycles. The van der Waals surface area contributed by atoms with Crippen molar-refractivity contribution < 1.29 is 27.4 Å². The zero-order chi connectivity index (χ0) is 15.5. The van der Waals surface area contributed by atoms with Crippen molar-refractivity contribution >= 4 is 5.91 Å². The average Bonchev–Trinajstić information content (AvgIpc) is 2.44. The number of amides is 1. The Morgan fingerprint density at radius 3 is 2.90 bits per heavy atom. The number of rotatable bonds is 4. The standard InChI is InChI=1S/C14H16F3NO3/c1-9(21-8-14(15,16)17)13(19)18-11-6-7-20-12-5-3-2-4-10(11)12/h2-5,9,11H,6-8H2,1H3,(H,18,19)/t9-,11+/m1/s1. The van der Waals surface area contributed by atoms with Crippen LogP contribution < -0.4 is 10.1 Å². The van der Waals surface area contributed by atoms with Crippen molar-refractivity contribution in [2.24, 2.45) is 0 Å². The zero-order valence-electron chi connectivity index (χ0n) is 11.4.